The third kappa shape index (κ3) is 4.63. The first-order chi connectivity index (χ1) is 14.8. The molecule has 0 aliphatic rings. The number of aromatic nitrogens is 1. The lowest BCUT2D eigenvalue weighted by Crippen LogP contribution is -2.22. The van der Waals surface area contributed by atoms with Gasteiger partial charge >= 0.3 is 5.97 Å². The second-order valence-corrected chi connectivity index (χ2v) is 8.81. The third-order valence-corrected chi connectivity index (χ3v) is 6.24. The zero-order valence-electron chi connectivity index (χ0n) is 17.2. The molecule has 0 amide bonds. The quantitative estimate of drug-likeness (QED) is 0.388. The molecule has 10 heteroatoms. The van der Waals surface area contributed by atoms with Crippen molar-refractivity contribution in [3.63, 3.8) is 0 Å². The minimum atomic E-state index is -3.51. The van der Waals surface area contributed by atoms with Gasteiger partial charge in [-0.1, -0.05) is 0 Å². The molecule has 31 heavy (non-hydrogen) atoms. The van der Waals surface area contributed by atoms with Crippen LogP contribution in [-0.2, 0) is 14.8 Å². The Hall–Kier alpha value is -3.55. The van der Waals surface area contributed by atoms with E-state index >= 15 is 0 Å². The minimum Gasteiger partial charge on any atom is -0.490 e. The van der Waals surface area contributed by atoms with E-state index < -0.39 is 16.0 Å². The Kier molecular flexibility index (Phi) is 6.48. The van der Waals surface area contributed by atoms with Crippen LogP contribution in [0.25, 0.3) is 5.88 Å². The predicted octanol–water partition coefficient (Wildman–Crippen LogP) is 2.74. The molecule has 0 saturated heterocycles. The molecule has 3 aromatic rings. The number of nitriles is 1. The van der Waals surface area contributed by atoms with Crippen LogP contribution in [-0.4, -0.2) is 50.6 Å². The average molecular weight is 443 g/mol. The van der Waals surface area contributed by atoms with Crippen LogP contribution in [0.15, 0.2) is 58.1 Å². The van der Waals surface area contributed by atoms with Gasteiger partial charge in [0, 0.05) is 26.5 Å². The SMILES string of the molecule is Cc1oc(-n2cccc2)c(C#N)c1C(=O)OCCOc1ccc(S(=O)(=O)N(C)C)cc1. The summed E-state index contributed by atoms with van der Waals surface area (Å²) in [7, 11) is -0.608. The van der Waals surface area contributed by atoms with E-state index in [0.717, 1.165) is 4.31 Å². The number of hydrogen-bond donors (Lipinski definition) is 0. The van der Waals surface area contributed by atoms with Crippen molar-refractivity contribution in [1.29, 1.82) is 5.26 Å². The first-order valence-electron chi connectivity index (χ1n) is 9.25. The van der Waals surface area contributed by atoms with Crippen LogP contribution in [0.5, 0.6) is 5.75 Å². The molecule has 2 heterocycles. The number of furan rings is 1. The molecule has 0 aliphatic carbocycles. The molecule has 162 valence electrons. The van der Waals surface area contributed by atoms with Crippen LogP contribution in [0.4, 0.5) is 0 Å². The molecule has 0 atom stereocenters. The molecule has 0 fully saturated rings. The second-order valence-electron chi connectivity index (χ2n) is 6.66. The largest absolute Gasteiger partial charge is 0.490 e. The van der Waals surface area contributed by atoms with Gasteiger partial charge < -0.3 is 13.9 Å². The molecule has 0 spiro atoms. The Morgan fingerprint density at radius 3 is 2.39 bits per heavy atom. The van der Waals surface area contributed by atoms with E-state index in [1.165, 1.54) is 38.4 Å². The minimum absolute atomic E-state index is 0.0504. The summed E-state index contributed by atoms with van der Waals surface area (Å²) in [5.74, 6) is 0.276. The summed E-state index contributed by atoms with van der Waals surface area (Å²) < 4.78 is 43.2. The number of nitrogens with zero attached hydrogens (tertiary/aromatic N) is 3. The standard InChI is InChI=1S/C21H21N3O6S/c1-15-19(18(14-22)20(30-15)24-10-4-5-11-24)21(25)29-13-12-28-16-6-8-17(9-7-16)31(26,27)23(2)3/h4-11H,12-13H2,1-3H3. The predicted molar refractivity (Wildman–Crippen MR) is 111 cm³/mol. The van der Waals surface area contributed by atoms with Gasteiger partial charge in [0.25, 0.3) is 0 Å². The van der Waals surface area contributed by atoms with E-state index in [-0.39, 0.29) is 40.9 Å². The lowest BCUT2D eigenvalue weighted by atomic mass is 10.1. The van der Waals surface area contributed by atoms with Crippen LogP contribution in [0.3, 0.4) is 0 Å². The smallest absolute Gasteiger partial charge is 0.343 e. The number of benzene rings is 1. The van der Waals surface area contributed by atoms with E-state index in [1.54, 1.807) is 36.0 Å². The van der Waals surface area contributed by atoms with Gasteiger partial charge in [-0.25, -0.2) is 17.5 Å². The molecule has 0 N–H and O–H groups in total. The summed E-state index contributed by atoms with van der Waals surface area (Å²) in [5, 5.41) is 9.49. The molecule has 0 aliphatic heterocycles. The van der Waals surface area contributed by atoms with Gasteiger partial charge in [-0.15, -0.1) is 0 Å². The topological polar surface area (TPSA) is 115 Å². The monoisotopic (exact) mass is 443 g/mol. The van der Waals surface area contributed by atoms with E-state index in [0.29, 0.717) is 5.75 Å². The molecule has 0 unspecified atom stereocenters. The van der Waals surface area contributed by atoms with Crippen molar-refractivity contribution in [3.8, 4) is 17.7 Å². The summed E-state index contributed by atoms with van der Waals surface area (Å²) >= 11 is 0. The molecule has 0 bridgehead atoms. The van der Waals surface area contributed by atoms with Gasteiger partial charge in [-0.3, -0.25) is 4.57 Å². The molecule has 1 aromatic carbocycles. The van der Waals surface area contributed by atoms with Gasteiger partial charge in [-0.05, 0) is 43.3 Å². The molecule has 3 rings (SSSR count). The average Bonchev–Trinajstić information content (AvgIpc) is 3.38. The lowest BCUT2D eigenvalue weighted by Gasteiger charge is -2.12. The van der Waals surface area contributed by atoms with Crippen LogP contribution in [0.1, 0.15) is 21.7 Å². The maximum Gasteiger partial charge on any atom is 0.343 e. The Morgan fingerprint density at radius 2 is 1.81 bits per heavy atom. The molecule has 0 saturated carbocycles. The maximum atomic E-state index is 12.5. The van der Waals surface area contributed by atoms with E-state index in [1.807, 2.05) is 6.07 Å². The molecular formula is C21H21N3O6S. The van der Waals surface area contributed by atoms with Crippen molar-refractivity contribution in [2.75, 3.05) is 27.3 Å². The van der Waals surface area contributed by atoms with E-state index in [4.69, 9.17) is 13.9 Å². The van der Waals surface area contributed by atoms with Gasteiger partial charge in [0.05, 0.1) is 4.90 Å². The van der Waals surface area contributed by atoms with E-state index in [2.05, 4.69) is 0 Å². The number of ether oxygens (including phenoxy) is 2. The summed E-state index contributed by atoms with van der Waals surface area (Å²) in [4.78, 5) is 12.6. The van der Waals surface area contributed by atoms with Crippen molar-refractivity contribution in [1.82, 2.24) is 8.87 Å². The fourth-order valence-corrected chi connectivity index (χ4v) is 3.72. The summed E-state index contributed by atoms with van der Waals surface area (Å²) in [6.07, 6.45) is 3.41. The normalized spacial score (nSPS) is 11.3. The summed E-state index contributed by atoms with van der Waals surface area (Å²) in [6.45, 7) is 1.57. The van der Waals surface area contributed by atoms with Crippen LogP contribution in [0.2, 0.25) is 0 Å². The summed E-state index contributed by atoms with van der Waals surface area (Å²) in [5.41, 5.74) is 0.168. The number of esters is 1. The highest BCUT2D eigenvalue weighted by molar-refractivity contribution is 7.89. The Morgan fingerprint density at radius 1 is 1.16 bits per heavy atom. The number of rotatable bonds is 8. The number of sulfonamides is 1. The zero-order chi connectivity index (χ0) is 22.6. The fourth-order valence-electron chi connectivity index (χ4n) is 2.82. The van der Waals surface area contributed by atoms with E-state index in [9.17, 15) is 18.5 Å². The molecule has 2 aromatic heterocycles. The van der Waals surface area contributed by atoms with Gasteiger partial charge in [0.1, 0.15) is 41.9 Å². The fraction of sp³-hybridized carbons (Fsp3) is 0.238. The first-order valence-corrected chi connectivity index (χ1v) is 10.7. The number of carbonyl (C=O) groups is 1. The van der Waals surface area contributed by atoms with Gasteiger partial charge in [0.15, 0.2) is 0 Å². The second kappa shape index (κ2) is 9.07. The summed E-state index contributed by atoms with van der Waals surface area (Å²) in [6, 6.07) is 11.5. The third-order valence-electron chi connectivity index (χ3n) is 4.41. The van der Waals surface area contributed by atoms with Gasteiger partial charge in [0.2, 0.25) is 15.9 Å². The molecule has 0 radical (unpaired) electrons. The first kappa shape index (κ1) is 22.1. The molecule has 9 nitrogen and oxygen atoms in total. The number of hydrogen-bond acceptors (Lipinski definition) is 7. The maximum absolute atomic E-state index is 12.5. The Bertz CT molecular complexity index is 1200. The van der Waals surface area contributed by atoms with Gasteiger partial charge in [-0.2, -0.15) is 5.26 Å². The zero-order valence-corrected chi connectivity index (χ0v) is 18.0. The van der Waals surface area contributed by atoms with Crippen molar-refractivity contribution < 1.29 is 27.1 Å². The number of carbonyl (C=O) groups excluding carboxylic acids is 1. The Balaban J connectivity index is 1.60. The van der Waals surface area contributed by atoms with Crippen molar-refractivity contribution in [2.24, 2.45) is 0 Å². The van der Waals surface area contributed by atoms with Crippen molar-refractivity contribution >= 4 is 16.0 Å². The lowest BCUT2D eigenvalue weighted by molar-refractivity contribution is 0.0448. The number of aryl methyl sites for hydroxylation is 1. The Labute approximate surface area is 180 Å². The van der Waals surface area contributed by atoms with Crippen molar-refractivity contribution in [2.45, 2.75) is 11.8 Å². The van der Waals surface area contributed by atoms with Crippen molar-refractivity contribution in [3.05, 3.63) is 65.7 Å². The van der Waals surface area contributed by atoms with Crippen LogP contribution in [0, 0.1) is 18.3 Å². The van der Waals surface area contributed by atoms with Crippen LogP contribution < -0.4 is 4.74 Å². The highest BCUT2D eigenvalue weighted by Crippen LogP contribution is 2.26. The highest BCUT2D eigenvalue weighted by Gasteiger charge is 2.25. The highest BCUT2D eigenvalue weighted by atomic mass is 32.2. The van der Waals surface area contributed by atoms with Crippen LogP contribution >= 0.6 is 0 Å². The molecular weight excluding hydrogens is 422 g/mol.